The maximum absolute atomic E-state index is 14.8. The molecule has 1 heterocycles. The Hall–Kier alpha value is 0.360. The van der Waals surface area contributed by atoms with E-state index in [4.69, 9.17) is 13.6 Å². The molecule has 0 aromatic rings. The van der Waals surface area contributed by atoms with Gasteiger partial charge in [-0.3, -0.25) is 0 Å². The Morgan fingerprint density at radius 1 is 0.583 bits per heavy atom. The number of halogens is 3. The Balaban J connectivity index is 3.08. The van der Waals surface area contributed by atoms with Gasteiger partial charge >= 0.3 is 23.2 Å². The van der Waals surface area contributed by atoms with Crippen molar-refractivity contribution in [1.29, 1.82) is 0 Å². The van der Waals surface area contributed by atoms with E-state index >= 15 is 0 Å². The van der Waals surface area contributed by atoms with E-state index in [2.05, 4.69) is 13.5 Å². The summed E-state index contributed by atoms with van der Waals surface area (Å²) >= 11 is 0. The molecule has 12 heteroatoms. The Morgan fingerprint density at radius 3 is 1.04 bits per heavy atom. The molecule has 0 fully saturated rings. The van der Waals surface area contributed by atoms with Crippen molar-refractivity contribution in [2.75, 3.05) is 19.8 Å². The first-order chi connectivity index (χ1) is 11.3. The van der Waals surface area contributed by atoms with Crippen LogP contribution in [0, 0.1) is 0 Å². The van der Waals surface area contributed by atoms with Gasteiger partial charge in [0.2, 0.25) is 0 Å². The lowest BCUT2D eigenvalue weighted by Gasteiger charge is -2.23. The van der Waals surface area contributed by atoms with Crippen molar-refractivity contribution in [3.8, 4) is 0 Å². The minimum absolute atomic E-state index is 0.0162. The molecule has 0 saturated carbocycles. The monoisotopic (exact) mass is 411 g/mol. The normalized spacial score (nSPS) is 32.8. The zero-order valence-corrected chi connectivity index (χ0v) is 17.1. The second-order valence-electron chi connectivity index (χ2n) is 5.25. The highest BCUT2D eigenvalue weighted by atomic mass is 31.3. The molecule has 24 heavy (non-hydrogen) atoms. The highest BCUT2D eigenvalue weighted by Crippen LogP contribution is 2.81. The van der Waals surface area contributed by atoms with Gasteiger partial charge in [-0.2, -0.15) is 12.6 Å². The van der Waals surface area contributed by atoms with E-state index < -0.39 is 23.2 Å². The van der Waals surface area contributed by atoms with Crippen molar-refractivity contribution in [2.45, 2.75) is 59.3 Å². The second kappa shape index (κ2) is 10.5. The minimum atomic E-state index is -4.48. The number of hydrogen-bond donors (Lipinski definition) is 0. The van der Waals surface area contributed by atoms with E-state index in [1.54, 1.807) is 0 Å². The van der Waals surface area contributed by atoms with Crippen LogP contribution in [0.15, 0.2) is 13.5 Å². The van der Waals surface area contributed by atoms with E-state index in [0.29, 0.717) is 19.3 Å². The van der Waals surface area contributed by atoms with Crippen LogP contribution in [0.2, 0.25) is 0 Å². The van der Waals surface area contributed by atoms with Crippen LogP contribution in [0.25, 0.3) is 0 Å². The van der Waals surface area contributed by atoms with Gasteiger partial charge in [-0.1, -0.05) is 40.0 Å². The van der Waals surface area contributed by atoms with Crippen LogP contribution in [-0.2, 0) is 13.6 Å². The Morgan fingerprint density at radius 2 is 0.833 bits per heavy atom. The predicted octanol–water partition coefficient (Wildman–Crippen LogP) is 8.20. The fraction of sp³-hybridized carbons (Fsp3) is 1.00. The van der Waals surface area contributed by atoms with Crippen LogP contribution in [0.1, 0.15) is 59.3 Å². The number of unbranched alkanes of at least 4 members (excludes halogenated alkanes) is 3. The lowest BCUT2D eigenvalue weighted by atomic mass is 10.4. The summed E-state index contributed by atoms with van der Waals surface area (Å²) in [5, 5.41) is 0. The SMILES string of the molecule is CCCCOP1(F)=NP(F)(OCCCC)=NP(F)(OCCCC)=N1. The van der Waals surface area contributed by atoms with Gasteiger partial charge in [0.15, 0.2) is 0 Å². The van der Waals surface area contributed by atoms with E-state index in [-0.39, 0.29) is 19.8 Å². The van der Waals surface area contributed by atoms with E-state index in [9.17, 15) is 12.6 Å². The maximum Gasteiger partial charge on any atom is 0.387 e. The first kappa shape index (κ1) is 22.4. The minimum Gasteiger partial charge on any atom is -0.303 e. The first-order valence-corrected chi connectivity index (χ1v) is 12.8. The molecular weight excluding hydrogens is 384 g/mol. The van der Waals surface area contributed by atoms with E-state index in [0.717, 1.165) is 19.3 Å². The molecule has 0 atom stereocenters. The summed E-state index contributed by atoms with van der Waals surface area (Å²) in [5.41, 5.74) is 0. The number of hydrogen-bond acceptors (Lipinski definition) is 6. The van der Waals surface area contributed by atoms with Crippen molar-refractivity contribution in [1.82, 2.24) is 0 Å². The van der Waals surface area contributed by atoms with E-state index in [1.165, 1.54) is 0 Å². The lowest BCUT2D eigenvalue weighted by molar-refractivity contribution is 0.297. The molecule has 0 spiro atoms. The molecule has 0 amide bonds. The Kier molecular flexibility index (Phi) is 9.80. The average Bonchev–Trinajstić information content (AvgIpc) is 2.46. The average molecular weight is 411 g/mol. The Bertz CT molecular complexity index is 468. The van der Waals surface area contributed by atoms with Crippen molar-refractivity contribution in [3.05, 3.63) is 0 Å². The summed E-state index contributed by atoms with van der Waals surface area (Å²) in [4.78, 5) is 0. The summed E-state index contributed by atoms with van der Waals surface area (Å²) in [7, 11) is -13.4. The fourth-order valence-electron chi connectivity index (χ4n) is 1.59. The molecule has 1 rings (SSSR count). The van der Waals surface area contributed by atoms with Gasteiger partial charge in [0.1, 0.15) is 0 Å². The molecule has 0 bridgehead atoms. The molecule has 0 N–H and O–H groups in total. The molecule has 0 saturated heterocycles. The second-order valence-corrected chi connectivity index (χ2v) is 11.0. The molecule has 144 valence electrons. The van der Waals surface area contributed by atoms with Gasteiger partial charge in [0.25, 0.3) is 0 Å². The van der Waals surface area contributed by atoms with Crippen LogP contribution in [0.5, 0.6) is 0 Å². The summed E-state index contributed by atoms with van der Waals surface area (Å²) in [5.74, 6) is 0. The summed E-state index contributed by atoms with van der Waals surface area (Å²) < 4.78 is 69.4. The molecule has 0 radical (unpaired) electrons. The smallest absolute Gasteiger partial charge is 0.303 e. The zero-order valence-electron chi connectivity index (χ0n) is 14.4. The predicted molar refractivity (Wildman–Crippen MR) is 93.9 cm³/mol. The van der Waals surface area contributed by atoms with Crippen molar-refractivity contribution in [2.24, 2.45) is 13.5 Å². The van der Waals surface area contributed by atoms with Gasteiger partial charge in [-0.05, 0) is 19.3 Å². The quantitative estimate of drug-likeness (QED) is 0.240. The van der Waals surface area contributed by atoms with Crippen molar-refractivity contribution in [3.63, 3.8) is 0 Å². The van der Waals surface area contributed by atoms with Crippen LogP contribution >= 0.6 is 23.2 Å². The summed E-state index contributed by atoms with van der Waals surface area (Å²) in [6.07, 6.45) is 3.85. The molecular formula is C12H27F3N3O3P3. The molecule has 0 aliphatic carbocycles. The van der Waals surface area contributed by atoms with E-state index in [1.807, 2.05) is 20.8 Å². The first-order valence-electron chi connectivity index (χ1n) is 8.24. The summed E-state index contributed by atoms with van der Waals surface area (Å²) in [6, 6.07) is 0. The van der Waals surface area contributed by atoms with Crippen LogP contribution in [-0.4, -0.2) is 19.8 Å². The van der Waals surface area contributed by atoms with Crippen LogP contribution in [0.3, 0.4) is 0 Å². The van der Waals surface area contributed by atoms with Gasteiger partial charge in [-0.25, -0.2) is 0 Å². The third-order valence-electron chi connectivity index (χ3n) is 2.92. The van der Waals surface area contributed by atoms with Crippen LogP contribution in [0.4, 0.5) is 12.6 Å². The summed E-state index contributed by atoms with van der Waals surface area (Å²) in [6.45, 7) is 5.61. The third-order valence-corrected chi connectivity index (χ3v) is 9.75. The molecule has 0 unspecified atom stereocenters. The topological polar surface area (TPSA) is 64.8 Å². The maximum atomic E-state index is 14.8. The molecule has 6 nitrogen and oxygen atoms in total. The molecule has 0 aromatic heterocycles. The Labute approximate surface area is 142 Å². The highest BCUT2D eigenvalue weighted by molar-refractivity contribution is 7.77. The van der Waals surface area contributed by atoms with Crippen molar-refractivity contribution < 1.29 is 26.2 Å². The molecule has 1 aliphatic heterocycles. The largest absolute Gasteiger partial charge is 0.387 e. The molecule has 0 aromatic carbocycles. The van der Waals surface area contributed by atoms with Gasteiger partial charge in [-0.15, -0.1) is 13.5 Å². The molecule has 1 aliphatic rings. The van der Waals surface area contributed by atoms with Gasteiger partial charge in [0, 0.05) is 0 Å². The number of rotatable bonds is 12. The van der Waals surface area contributed by atoms with Gasteiger partial charge < -0.3 is 13.6 Å². The highest BCUT2D eigenvalue weighted by Gasteiger charge is 2.41. The fourth-order valence-corrected chi connectivity index (χ4v) is 8.58. The van der Waals surface area contributed by atoms with Crippen molar-refractivity contribution >= 4 is 23.2 Å². The zero-order chi connectivity index (χ0) is 18.1. The third kappa shape index (κ3) is 7.72. The number of nitrogens with zero attached hydrogens (tertiary/aromatic N) is 3. The lowest BCUT2D eigenvalue weighted by Crippen LogP contribution is -1.96. The van der Waals surface area contributed by atoms with Gasteiger partial charge in [0.05, 0.1) is 19.8 Å². The standard InChI is InChI=1S/C12H27F3N3O3P3/c1-4-7-10-19-22(13)16-23(14,20-11-8-5-2)18-24(15,17-22)21-12-9-6-3/h4-12H2,1-3H3. The van der Waals surface area contributed by atoms with Crippen LogP contribution < -0.4 is 0 Å².